The van der Waals surface area contributed by atoms with Crippen LogP contribution in [0.3, 0.4) is 0 Å². The third kappa shape index (κ3) is 11.7. The van der Waals surface area contributed by atoms with Crippen LogP contribution in [0, 0.1) is 0 Å². The SMILES string of the molecule is CC(C)NC(C)CP(OP(=O)(OP(CC(C)NC(C)C)(c1ccccc1)(c1ccccc1)c1ccccc1)OP(CC(C)NC(C)C)(c1ccccc1)(c1ccccc1)c1ccccc1)(c1ccccc1)(c1ccccc1)c1ccccc1. The van der Waals surface area contributed by atoms with Gasteiger partial charge in [-0.25, -0.2) is 0 Å². The predicted molar refractivity (Wildman–Crippen MR) is 364 cm³/mol. The first-order valence-electron chi connectivity index (χ1n) is 29.6. The van der Waals surface area contributed by atoms with E-state index in [0.29, 0.717) is 18.5 Å². The average Bonchev–Trinajstić information content (AvgIpc) is 0.851. The molecule has 3 N–H and O–H groups in total. The summed E-state index contributed by atoms with van der Waals surface area (Å²) in [5, 5.41) is 19.9. The van der Waals surface area contributed by atoms with E-state index in [-0.39, 0.29) is 36.3 Å². The number of rotatable bonds is 27. The van der Waals surface area contributed by atoms with Crippen molar-refractivity contribution in [1.29, 1.82) is 0 Å². The van der Waals surface area contributed by atoms with Crippen LogP contribution >= 0.6 is 28.3 Å². The molecule has 0 heterocycles. The van der Waals surface area contributed by atoms with Gasteiger partial charge in [0, 0.05) is 0 Å². The standard InChI is InChI=1S/C72H87N3O4P4/c1-58(2)73-61(7)55-81(64-37-19-10-20-38-64,65-39-21-11-22-40-65,66-41-23-12-24-42-66)77-80(76,78-82(56-62(8)74-59(3)4,67-43-25-13-26-44-67,68-45-27-14-28-46-68)69-47-29-15-30-48-69)79-83(57-63(9)75-60(5)6,70-49-31-16-32-50-70,71-51-33-17-34-52-71)72-53-35-18-36-54-72/h10-54,58-63,73-75H,55-57H2,1-9H3. The van der Waals surface area contributed by atoms with Gasteiger partial charge in [-0.2, -0.15) is 0 Å². The zero-order valence-electron chi connectivity index (χ0n) is 50.0. The molecule has 7 nitrogen and oxygen atoms in total. The van der Waals surface area contributed by atoms with Crippen LogP contribution < -0.4 is 63.7 Å². The second-order valence-electron chi connectivity index (χ2n) is 23.6. The molecule has 0 aliphatic heterocycles. The van der Waals surface area contributed by atoms with Gasteiger partial charge >= 0.3 is 500 Å². The van der Waals surface area contributed by atoms with Crippen molar-refractivity contribution in [2.75, 3.05) is 18.5 Å². The maximum absolute atomic E-state index is 20.2. The molecule has 83 heavy (non-hydrogen) atoms. The third-order valence-electron chi connectivity index (χ3n) is 16.3. The Kier molecular flexibility index (Phi) is 19.3. The van der Waals surface area contributed by atoms with Crippen molar-refractivity contribution in [1.82, 2.24) is 16.0 Å². The number of benzene rings is 9. The Morgan fingerprint density at radius 3 is 0.518 bits per heavy atom. The zero-order valence-corrected chi connectivity index (χ0v) is 53.6. The quantitative estimate of drug-likeness (QED) is 0.0443. The molecule has 9 aromatic carbocycles. The van der Waals surface area contributed by atoms with Gasteiger partial charge in [-0.1, -0.05) is 0 Å². The molecule has 11 heteroatoms. The molecule has 0 radical (unpaired) electrons. The van der Waals surface area contributed by atoms with Crippen molar-refractivity contribution in [2.45, 2.75) is 98.6 Å². The van der Waals surface area contributed by atoms with Gasteiger partial charge in [0.1, 0.15) is 0 Å². The summed E-state index contributed by atoms with van der Waals surface area (Å²) in [5.74, 6) is 0. The number of hydrogen-bond donors (Lipinski definition) is 3. The third-order valence-corrected chi connectivity index (χ3v) is 39.3. The van der Waals surface area contributed by atoms with Crippen LogP contribution in [0.1, 0.15) is 62.3 Å². The summed E-state index contributed by atoms with van der Waals surface area (Å²) in [6, 6.07) is 95.1. The Labute approximate surface area is 496 Å². The van der Waals surface area contributed by atoms with E-state index in [1.165, 1.54) is 0 Å². The summed E-state index contributed by atoms with van der Waals surface area (Å²) in [6.45, 7) is 5.16. The van der Waals surface area contributed by atoms with Crippen LogP contribution in [-0.2, 0) is 17.5 Å². The summed E-state index contributed by atoms with van der Waals surface area (Å²) >= 11 is 0. The fraction of sp³-hybridized carbons (Fsp3) is 0.250. The minimum atomic E-state index is -5.45. The Bertz CT molecular complexity index is 2830. The summed E-state index contributed by atoms with van der Waals surface area (Å²) in [6.07, 6.45) is 1.14. The van der Waals surface area contributed by atoms with Crippen molar-refractivity contribution < 1.29 is 17.5 Å². The van der Waals surface area contributed by atoms with Crippen molar-refractivity contribution >= 4 is 76.1 Å². The van der Waals surface area contributed by atoms with Crippen molar-refractivity contribution in [2.24, 2.45) is 0 Å². The van der Waals surface area contributed by atoms with Crippen LogP contribution in [0.25, 0.3) is 0 Å². The van der Waals surface area contributed by atoms with Crippen molar-refractivity contribution in [3.05, 3.63) is 273 Å². The minimum absolute atomic E-state index is 0.0908. The first kappa shape index (κ1) is 61.8. The molecule has 0 amide bonds. The predicted octanol–water partition coefficient (Wildman–Crippen LogP) is 13.6. The molecule has 9 aromatic rings. The van der Waals surface area contributed by atoms with E-state index in [1.54, 1.807) is 0 Å². The molecule has 0 aliphatic rings. The summed E-state index contributed by atoms with van der Waals surface area (Å²) in [5.41, 5.74) is 0. The van der Waals surface area contributed by atoms with E-state index in [2.05, 4.69) is 351 Å². The van der Waals surface area contributed by atoms with E-state index in [4.69, 9.17) is 12.9 Å². The fourth-order valence-electron chi connectivity index (χ4n) is 13.6. The van der Waals surface area contributed by atoms with E-state index in [9.17, 15) is 0 Å². The summed E-state index contributed by atoms with van der Waals surface area (Å²) in [4.78, 5) is 0. The number of hydrogen-bond acceptors (Lipinski definition) is 7. The van der Waals surface area contributed by atoms with E-state index in [0.717, 1.165) is 47.7 Å². The summed E-state index contributed by atoms with van der Waals surface area (Å²) < 4.78 is 47.4. The zero-order chi connectivity index (χ0) is 58.7. The van der Waals surface area contributed by atoms with Gasteiger partial charge in [-0.05, 0) is 0 Å². The Hall–Kier alpha value is -5.74. The number of nitrogens with one attached hydrogen (secondary N) is 3. The van der Waals surface area contributed by atoms with E-state index in [1.807, 2.05) is 0 Å². The molecule has 0 aromatic heterocycles. The van der Waals surface area contributed by atoms with Gasteiger partial charge < -0.3 is 0 Å². The van der Waals surface area contributed by atoms with Gasteiger partial charge in [0.25, 0.3) is 0 Å². The molecule has 3 atom stereocenters. The Balaban J connectivity index is 1.60. The van der Waals surface area contributed by atoms with Crippen molar-refractivity contribution in [3.63, 3.8) is 0 Å². The molecular weight excluding hydrogens is 1090 g/mol. The molecule has 3 unspecified atom stereocenters. The first-order chi connectivity index (χ1) is 40.0. The second-order valence-corrected chi connectivity index (χ2v) is 39.4. The molecule has 0 spiro atoms. The van der Waals surface area contributed by atoms with Gasteiger partial charge in [0.05, 0.1) is 0 Å². The molecule has 9 rings (SSSR count). The maximum atomic E-state index is 20.2. The van der Waals surface area contributed by atoms with Gasteiger partial charge in [0.2, 0.25) is 0 Å². The fourth-order valence-corrected chi connectivity index (χ4v) is 39.6. The second kappa shape index (κ2) is 25.9. The summed E-state index contributed by atoms with van der Waals surface area (Å²) in [7, 11) is -5.45. The van der Waals surface area contributed by atoms with Crippen LogP contribution in [0.15, 0.2) is 273 Å². The molecular formula is C72H87N3O4P4. The Morgan fingerprint density at radius 2 is 0.398 bits per heavy atom. The molecule has 0 fully saturated rings. The first-order valence-corrected chi connectivity index (χ1v) is 38.1. The van der Waals surface area contributed by atoms with E-state index < -0.39 is 28.3 Å². The van der Waals surface area contributed by atoms with Crippen molar-refractivity contribution in [3.8, 4) is 0 Å². The normalized spacial score (nSPS) is 15.6. The van der Waals surface area contributed by atoms with Crippen LogP contribution in [0.5, 0.6) is 0 Å². The topological polar surface area (TPSA) is 80.9 Å². The van der Waals surface area contributed by atoms with Gasteiger partial charge in [0.15, 0.2) is 0 Å². The molecule has 0 aliphatic carbocycles. The van der Waals surface area contributed by atoms with Gasteiger partial charge in [-0.15, -0.1) is 0 Å². The Morgan fingerprint density at radius 1 is 0.265 bits per heavy atom. The van der Waals surface area contributed by atoms with Crippen LogP contribution in [-0.4, -0.2) is 54.7 Å². The molecule has 0 saturated heterocycles. The van der Waals surface area contributed by atoms with Gasteiger partial charge in [-0.3, -0.25) is 0 Å². The average molecular weight is 1180 g/mol. The van der Waals surface area contributed by atoms with Crippen LogP contribution in [0.2, 0.25) is 0 Å². The molecule has 0 bridgehead atoms. The van der Waals surface area contributed by atoms with Crippen LogP contribution in [0.4, 0.5) is 0 Å². The van der Waals surface area contributed by atoms with E-state index >= 15 is 4.57 Å². The molecule has 0 saturated carbocycles. The molecule has 434 valence electrons. The monoisotopic (exact) mass is 1180 g/mol. The number of phosphoric acid groups is 1.